The molecule has 4 aromatic rings. The van der Waals surface area contributed by atoms with Crippen LogP contribution in [0.2, 0.25) is 0 Å². The molecule has 2 aromatic heterocycles. The largest absolute Gasteiger partial charge is 0.431 e. The summed E-state index contributed by atoms with van der Waals surface area (Å²) in [5, 5.41) is 6.81. The molecule has 0 spiro atoms. The molecule has 1 N–H and O–H groups in total. The molecule has 1 amide bonds. The van der Waals surface area contributed by atoms with Gasteiger partial charge in [-0.2, -0.15) is 4.98 Å². The molecule has 0 aliphatic heterocycles. The van der Waals surface area contributed by atoms with E-state index in [-0.39, 0.29) is 18.5 Å². The number of nitrogens with zero attached hydrogens (tertiary/aromatic N) is 3. The molecule has 0 radical (unpaired) electrons. The van der Waals surface area contributed by atoms with E-state index in [0.29, 0.717) is 28.3 Å². The fourth-order valence-electron chi connectivity index (χ4n) is 2.72. The van der Waals surface area contributed by atoms with Crippen LogP contribution in [0.3, 0.4) is 0 Å². The second-order valence-corrected chi connectivity index (χ2v) is 7.48. The molecule has 0 bridgehead atoms. The van der Waals surface area contributed by atoms with Crippen LogP contribution in [0.15, 0.2) is 50.6 Å². The number of fused-ring (bicyclic) bond motifs is 1. The number of halogens is 2. The molecule has 7 nitrogen and oxygen atoms in total. The lowest BCUT2D eigenvalue weighted by atomic mass is 10.2. The molecule has 0 fully saturated rings. The Labute approximate surface area is 173 Å². The van der Waals surface area contributed by atoms with Crippen LogP contribution in [0.5, 0.6) is 0 Å². The summed E-state index contributed by atoms with van der Waals surface area (Å²) in [6.07, 6.45) is 0.223. The number of nitrogens with one attached hydrogen (secondary N) is 1. The molecule has 0 aliphatic carbocycles. The minimum absolute atomic E-state index is 0.0252. The number of hydrogen-bond acceptors (Lipinski definition) is 7. The summed E-state index contributed by atoms with van der Waals surface area (Å²) in [5.74, 6) is -0.822. The number of amides is 1. The van der Waals surface area contributed by atoms with Gasteiger partial charge in [0.2, 0.25) is 11.8 Å². The number of benzene rings is 2. The SMILES string of the molecule is Cc1ccc2oc(SCc3noc(CCC(=O)Nc4cc(F)cc(F)c4)n3)nc2c1. The van der Waals surface area contributed by atoms with Crippen molar-refractivity contribution < 1.29 is 22.5 Å². The van der Waals surface area contributed by atoms with Gasteiger partial charge in [-0.1, -0.05) is 23.0 Å². The summed E-state index contributed by atoms with van der Waals surface area (Å²) in [7, 11) is 0. The molecular weight excluding hydrogens is 414 g/mol. The minimum Gasteiger partial charge on any atom is -0.431 e. The number of carbonyl (C=O) groups excluding carboxylic acids is 1. The first-order chi connectivity index (χ1) is 14.4. The fourth-order valence-corrected chi connectivity index (χ4v) is 3.41. The molecule has 0 unspecified atom stereocenters. The van der Waals surface area contributed by atoms with E-state index in [1.54, 1.807) is 0 Å². The van der Waals surface area contributed by atoms with Crippen molar-refractivity contribution in [2.24, 2.45) is 0 Å². The molecule has 0 aliphatic rings. The maximum absolute atomic E-state index is 13.2. The van der Waals surface area contributed by atoms with Crippen molar-refractivity contribution in [3.05, 3.63) is 65.3 Å². The van der Waals surface area contributed by atoms with Crippen LogP contribution in [0.1, 0.15) is 23.7 Å². The maximum atomic E-state index is 13.2. The number of thioether (sulfide) groups is 1. The van der Waals surface area contributed by atoms with Crippen LogP contribution >= 0.6 is 11.8 Å². The van der Waals surface area contributed by atoms with E-state index in [4.69, 9.17) is 8.94 Å². The quantitative estimate of drug-likeness (QED) is 0.426. The average molecular weight is 430 g/mol. The Morgan fingerprint density at radius 3 is 2.73 bits per heavy atom. The van der Waals surface area contributed by atoms with Gasteiger partial charge in [-0.05, 0) is 36.8 Å². The fraction of sp³-hybridized carbons (Fsp3) is 0.200. The van der Waals surface area contributed by atoms with Gasteiger partial charge >= 0.3 is 0 Å². The zero-order chi connectivity index (χ0) is 21.1. The van der Waals surface area contributed by atoms with E-state index in [1.807, 2.05) is 25.1 Å². The van der Waals surface area contributed by atoms with Gasteiger partial charge in [0.15, 0.2) is 11.4 Å². The normalized spacial score (nSPS) is 11.2. The minimum atomic E-state index is -0.765. The molecule has 0 atom stereocenters. The van der Waals surface area contributed by atoms with Crippen molar-refractivity contribution in [3.63, 3.8) is 0 Å². The highest BCUT2D eigenvalue weighted by Gasteiger charge is 2.13. The van der Waals surface area contributed by atoms with Crippen LogP contribution in [-0.4, -0.2) is 21.0 Å². The highest BCUT2D eigenvalue weighted by Crippen LogP contribution is 2.26. The smallest absolute Gasteiger partial charge is 0.257 e. The van der Waals surface area contributed by atoms with Gasteiger partial charge in [0.05, 0.1) is 5.75 Å². The summed E-state index contributed by atoms with van der Waals surface area (Å²) >= 11 is 1.33. The van der Waals surface area contributed by atoms with E-state index in [1.165, 1.54) is 11.8 Å². The van der Waals surface area contributed by atoms with Gasteiger partial charge in [0.25, 0.3) is 5.22 Å². The van der Waals surface area contributed by atoms with Crippen molar-refractivity contribution in [2.75, 3.05) is 5.32 Å². The van der Waals surface area contributed by atoms with Crippen molar-refractivity contribution in [1.82, 2.24) is 15.1 Å². The average Bonchev–Trinajstić information content (AvgIpc) is 3.29. The Hall–Kier alpha value is -3.27. The van der Waals surface area contributed by atoms with Crippen molar-refractivity contribution >= 4 is 34.5 Å². The van der Waals surface area contributed by atoms with Crippen molar-refractivity contribution in [2.45, 2.75) is 30.7 Å². The molecule has 4 rings (SSSR count). The number of oxazole rings is 1. The standard InChI is InChI=1S/C20H16F2N4O3S/c1-11-2-3-16-15(6-11)24-20(28-16)30-10-17-25-19(29-26-17)5-4-18(27)23-14-8-12(21)7-13(22)9-14/h2-3,6-9H,4-5,10H2,1H3,(H,23,27). The predicted molar refractivity (Wildman–Crippen MR) is 106 cm³/mol. The summed E-state index contributed by atoms with van der Waals surface area (Å²) < 4.78 is 37.1. The van der Waals surface area contributed by atoms with E-state index >= 15 is 0 Å². The molecule has 2 aromatic carbocycles. The lowest BCUT2D eigenvalue weighted by molar-refractivity contribution is -0.116. The molecule has 0 saturated heterocycles. The van der Waals surface area contributed by atoms with Crippen LogP contribution in [0.25, 0.3) is 11.1 Å². The van der Waals surface area contributed by atoms with Gasteiger partial charge in [-0.3, -0.25) is 4.79 Å². The number of aryl methyl sites for hydroxylation is 2. The Morgan fingerprint density at radius 1 is 1.13 bits per heavy atom. The first kappa shape index (κ1) is 20.0. The molecule has 30 heavy (non-hydrogen) atoms. The Bertz CT molecular complexity index is 1190. The monoisotopic (exact) mass is 430 g/mol. The summed E-state index contributed by atoms with van der Waals surface area (Å²) in [6.45, 7) is 1.98. The molecular formula is C20H16F2N4O3S. The number of rotatable bonds is 7. The molecule has 2 heterocycles. The maximum Gasteiger partial charge on any atom is 0.257 e. The summed E-state index contributed by atoms with van der Waals surface area (Å²) in [5.41, 5.74) is 2.65. The van der Waals surface area contributed by atoms with Crippen LogP contribution in [0.4, 0.5) is 14.5 Å². The lowest BCUT2D eigenvalue weighted by Gasteiger charge is -2.04. The summed E-state index contributed by atoms with van der Waals surface area (Å²) in [4.78, 5) is 20.6. The van der Waals surface area contributed by atoms with Crippen molar-refractivity contribution in [3.8, 4) is 0 Å². The third-order valence-corrected chi connectivity index (χ3v) is 4.89. The van der Waals surface area contributed by atoms with Gasteiger partial charge in [-0.25, -0.2) is 13.8 Å². The number of hydrogen-bond donors (Lipinski definition) is 1. The van der Waals surface area contributed by atoms with E-state index in [9.17, 15) is 13.6 Å². The molecule has 154 valence electrons. The van der Waals surface area contributed by atoms with Crippen LogP contribution in [0, 0.1) is 18.6 Å². The molecule has 10 heteroatoms. The summed E-state index contributed by atoms with van der Waals surface area (Å²) in [6, 6.07) is 8.58. The van der Waals surface area contributed by atoms with E-state index in [2.05, 4.69) is 20.4 Å². The van der Waals surface area contributed by atoms with Crippen LogP contribution < -0.4 is 5.32 Å². The lowest BCUT2D eigenvalue weighted by Crippen LogP contribution is -2.12. The number of aromatic nitrogens is 3. The topological polar surface area (TPSA) is 94.0 Å². The van der Waals surface area contributed by atoms with Gasteiger partial charge in [-0.15, -0.1) is 0 Å². The zero-order valence-electron chi connectivity index (χ0n) is 15.8. The van der Waals surface area contributed by atoms with Gasteiger partial charge < -0.3 is 14.3 Å². The second kappa shape index (κ2) is 8.62. The Morgan fingerprint density at radius 2 is 1.93 bits per heavy atom. The number of anilines is 1. The van der Waals surface area contributed by atoms with E-state index in [0.717, 1.165) is 29.3 Å². The Kier molecular flexibility index (Phi) is 5.75. The second-order valence-electron chi connectivity index (χ2n) is 6.55. The van der Waals surface area contributed by atoms with Crippen molar-refractivity contribution in [1.29, 1.82) is 0 Å². The first-order valence-electron chi connectivity index (χ1n) is 9.02. The third kappa shape index (κ3) is 5.01. The number of carbonyl (C=O) groups is 1. The predicted octanol–water partition coefficient (Wildman–Crippen LogP) is 4.66. The van der Waals surface area contributed by atoms with Gasteiger partial charge in [0.1, 0.15) is 17.2 Å². The third-order valence-electron chi connectivity index (χ3n) is 4.07. The first-order valence-corrected chi connectivity index (χ1v) is 10.0. The Balaban J connectivity index is 1.28. The zero-order valence-corrected chi connectivity index (χ0v) is 16.6. The van der Waals surface area contributed by atoms with Gasteiger partial charge in [0, 0.05) is 24.6 Å². The van der Waals surface area contributed by atoms with Crippen LogP contribution in [-0.2, 0) is 17.0 Å². The molecule has 0 saturated carbocycles. The highest BCUT2D eigenvalue weighted by atomic mass is 32.2. The highest BCUT2D eigenvalue weighted by molar-refractivity contribution is 7.98. The van der Waals surface area contributed by atoms with E-state index < -0.39 is 17.5 Å².